The molecule has 0 saturated carbocycles. The first-order valence-electron chi connectivity index (χ1n) is 9.67. The largest absolute Gasteiger partial charge is 0.418 e. The molecule has 0 amide bonds. The van der Waals surface area contributed by atoms with Crippen LogP contribution in [-0.2, 0) is 16.2 Å². The number of non-ortho nitro benzene ring substituents is 1. The number of anilines is 1. The number of alkyl halides is 3. The molecule has 0 unspecified atom stereocenters. The molecular formula is C21H18F3N3O4S. The normalized spacial score (nSPS) is 15.8. The Morgan fingerprint density at radius 2 is 1.53 bits per heavy atom. The van der Waals surface area contributed by atoms with Gasteiger partial charge in [-0.2, -0.15) is 17.5 Å². The van der Waals surface area contributed by atoms with Crippen LogP contribution in [-0.4, -0.2) is 43.8 Å². The molecule has 1 aliphatic rings. The summed E-state index contributed by atoms with van der Waals surface area (Å²) in [4.78, 5) is 11.5. The van der Waals surface area contributed by atoms with Crippen molar-refractivity contribution in [1.82, 2.24) is 4.31 Å². The molecular weight excluding hydrogens is 447 g/mol. The highest BCUT2D eigenvalue weighted by Gasteiger charge is 2.38. The monoisotopic (exact) mass is 465 g/mol. The molecule has 1 saturated heterocycles. The Hall–Kier alpha value is -3.18. The zero-order valence-electron chi connectivity index (χ0n) is 16.6. The highest BCUT2D eigenvalue weighted by molar-refractivity contribution is 7.89. The summed E-state index contributed by atoms with van der Waals surface area (Å²) in [5, 5.41) is 12.6. The van der Waals surface area contributed by atoms with Gasteiger partial charge in [-0.15, -0.1) is 0 Å². The number of nitrogens with zero attached hydrogens (tertiary/aromatic N) is 3. The summed E-state index contributed by atoms with van der Waals surface area (Å²) >= 11 is 0. The number of halogens is 3. The lowest BCUT2D eigenvalue weighted by molar-refractivity contribution is -0.385. The van der Waals surface area contributed by atoms with E-state index in [0.29, 0.717) is 6.07 Å². The van der Waals surface area contributed by atoms with Crippen molar-refractivity contribution in [3.63, 3.8) is 0 Å². The third-order valence-corrected chi connectivity index (χ3v) is 7.33. The quantitative estimate of drug-likeness (QED) is 0.424. The standard InChI is InChI=1S/C21H18F3N3O4S/c22-21(23,24)19-14-17(27(28)29)6-8-20(19)25-9-11-26(12-10-25)32(30,31)18-7-5-15-3-1-2-4-16(15)13-18/h1-8,13-14H,9-12H2. The Labute approximate surface area is 181 Å². The van der Waals surface area contributed by atoms with E-state index in [1.807, 2.05) is 12.1 Å². The number of sulfonamides is 1. The van der Waals surface area contributed by atoms with Crippen molar-refractivity contribution in [2.45, 2.75) is 11.1 Å². The minimum Gasteiger partial charge on any atom is -0.368 e. The predicted molar refractivity (Wildman–Crippen MR) is 113 cm³/mol. The second kappa shape index (κ2) is 8.06. The van der Waals surface area contributed by atoms with E-state index in [0.717, 1.165) is 22.9 Å². The van der Waals surface area contributed by atoms with Crippen molar-refractivity contribution in [3.8, 4) is 0 Å². The maximum absolute atomic E-state index is 13.5. The molecule has 0 aliphatic carbocycles. The molecule has 4 rings (SSSR count). The minimum atomic E-state index is -4.78. The van der Waals surface area contributed by atoms with Gasteiger partial charge in [-0.25, -0.2) is 8.42 Å². The zero-order valence-corrected chi connectivity index (χ0v) is 17.4. The lowest BCUT2D eigenvalue weighted by Gasteiger charge is -2.36. The fourth-order valence-corrected chi connectivity index (χ4v) is 5.24. The van der Waals surface area contributed by atoms with Crippen LogP contribution in [0, 0.1) is 10.1 Å². The van der Waals surface area contributed by atoms with Crippen molar-refractivity contribution in [1.29, 1.82) is 0 Å². The van der Waals surface area contributed by atoms with Gasteiger partial charge in [0.05, 0.1) is 15.4 Å². The van der Waals surface area contributed by atoms with Crippen molar-refractivity contribution in [3.05, 3.63) is 76.3 Å². The van der Waals surface area contributed by atoms with E-state index in [1.54, 1.807) is 24.3 Å². The maximum atomic E-state index is 13.5. The van der Waals surface area contributed by atoms with Gasteiger partial charge < -0.3 is 4.90 Å². The molecule has 3 aromatic rings. The molecule has 0 bridgehead atoms. The molecule has 0 atom stereocenters. The fraction of sp³-hybridized carbons (Fsp3) is 0.238. The molecule has 0 spiro atoms. The second-order valence-corrected chi connectivity index (χ2v) is 9.29. The van der Waals surface area contributed by atoms with Crippen LogP contribution in [0.1, 0.15) is 5.56 Å². The molecule has 32 heavy (non-hydrogen) atoms. The van der Waals surface area contributed by atoms with Gasteiger partial charge in [0.2, 0.25) is 10.0 Å². The Morgan fingerprint density at radius 3 is 2.16 bits per heavy atom. The van der Waals surface area contributed by atoms with E-state index < -0.39 is 32.4 Å². The van der Waals surface area contributed by atoms with Crippen LogP contribution in [0.2, 0.25) is 0 Å². The number of hydrogen-bond acceptors (Lipinski definition) is 5. The van der Waals surface area contributed by atoms with Crippen LogP contribution in [0.25, 0.3) is 10.8 Å². The van der Waals surface area contributed by atoms with Crippen molar-refractivity contribution < 1.29 is 26.5 Å². The van der Waals surface area contributed by atoms with Gasteiger partial charge in [0.25, 0.3) is 5.69 Å². The summed E-state index contributed by atoms with van der Waals surface area (Å²) in [6.07, 6.45) is -4.78. The lowest BCUT2D eigenvalue weighted by Crippen LogP contribution is -2.49. The van der Waals surface area contributed by atoms with Gasteiger partial charge in [0, 0.05) is 44.0 Å². The number of benzene rings is 3. The Bertz CT molecular complexity index is 1290. The first-order chi connectivity index (χ1) is 15.1. The highest BCUT2D eigenvalue weighted by atomic mass is 32.2. The molecule has 0 aromatic heterocycles. The summed E-state index contributed by atoms with van der Waals surface area (Å²) in [6, 6.07) is 14.7. The topological polar surface area (TPSA) is 83.8 Å². The van der Waals surface area contributed by atoms with Crippen LogP contribution in [0.15, 0.2) is 65.6 Å². The van der Waals surface area contributed by atoms with E-state index >= 15 is 0 Å². The van der Waals surface area contributed by atoms with Gasteiger partial charge >= 0.3 is 6.18 Å². The minimum absolute atomic E-state index is 0.0105. The third-order valence-electron chi connectivity index (χ3n) is 5.43. The summed E-state index contributed by atoms with van der Waals surface area (Å²) in [5.41, 5.74) is -1.97. The SMILES string of the molecule is O=[N+]([O-])c1ccc(N2CCN(S(=O)(=O)c3ccc4ccccc4c3)CC2)c(C(F)(F)F)c1. The summed E-state index contributed by atoms with van der Waals surface area (Å²) < 4.78 is 67.9. The van der Waals surface area contributed by atoms with Crippen molar-refractivity contribution in [2.24, 2.45) is 0 Å². The van der Waals surface area contributed by atoms with Gasteiger partial charge in [0.1, 0.15) is 0 Å². The maximum Gasteiger partial charge on any atom is 0.418 e. The lowest BCUT2D eigenvalue weighted by atomic mass is 10.1. The average Bonchev–Trinajstić information content (AvgIpc) is 2.77. The number of fused-ring (bicyclic) bond motifs is 1. The first-order valence-corrected chi connectivity index (χ1v) is 11.1. The molecule has 11 heteroatoms. The summed E-state index contributed by atoms with van der Waals surface area (Å²) in [5.74, 6) is 0. The number of piperazine rings is 1. The molecule has 0 radical (unpaired) electrons. The molecule has 3 aromatic carbocycles. The highest BCUT2D eigenvalue weighted by Crippen LogP contribution is 2.39. The van der Waals surface area contributed by atoms with Crippen LogP contribution in [0.3, 0.4) is 0 Å². The number of hydrogen-bond donors (Lipinski definition) is 0. The fourth-order valence-electron chi connectivity index (χ4n) is 3.79. The predicted octanol–water partition coefficient (Wildman–Crippen LogP) is 4.28. The van der Waals surface area contributed by atoms with Crippen molar-refractivity contribution in [2.75, 3.05) is 31.1 Å². The first kappa shape index (κ1) is 22.0. The van der Waals surface area contributed by atoms with Gasteiger partial charge in [0.15, 0.2) is 0 Å². The Morgan fingerprint density at radius 1 is 0.875 bits per heavy atom. The van der Waals surface area contributed by atoms with Crippen LogP contribution >= 0.6 is 0 Å². The number of nitro benzene ring substituents is 1. The number of rotatable bonds is 4. The van der Waals surface area contributed by atoms with E-state index in [2.05, 4.69) is 0 Å². The molecule has 1 aliphatic heterocycles. The van der Waals surface area contributed by atoms with Crippen molar-refractivity contribution >= 4 is 32.2 Å². The van der Waals surface area contributed by atoms with Crippen LogP contribution in [0.4, 0.5) is 24.5 Å². The van der Waals surface area contributed by atoms with Gasteiger partial charge in [-0.1, -0.05) is 30.3 Å². The van der Waals surface area contributed by atoms with Crippen LogP contribution in [0.5, 0.6) is 0 Å². The van der Waals surface area contributed by atoms with Gasteiger partial charge in [-0.05, 0) is 29.0 Å². The molecule has 168 valence electrons. The van der Waals surface area contributed by atoms with E-state index in [4.69, 9.17) is 0 Å². The molecule has 0 N–H and O–H groups in total. The summed E-state index contributed by atoms with van der Waals surface area (Å²) in [6.45, 7) is 0.0221. The second-order valence-electron chi connectivity index (χ2n) is 7.36. The van der Waals surface area contributed by atoms with Crippen LogP contribution < -0.4 is 4.90 Å². The molecule has 1 heterocycles. The number of nitro groups is 1. The van der Waals surface area contributed by atoms with Gasteiger partial charge in [-0.3, -0.25) is 10.1 Å². The van der Waals surface area contributed by atoms with E-state index in [1.165, 1.54) is 15.3 Å². The third kappa shape index (κ3) is 4.13. The van der Waals surface area contributed by atoms with E-state index in [-0.39, 0.29) is 36.8 Å². The van der Waals surface area contributed by atoms with E-state index in [9.17, 15) is 31.7 Å². The zero-order chi connectivity index (χ0) is 23.1. The molecule has 1 fully saturated rings. The average molecular weight is 465 g/mol. The smallest absolute Gasteiger partial charge is 0.368 e. The Balaban J connectivity index is 1.57. The summed E-state index contributed by atoms with van der Waals surface area (Å²) in [7, 11) is -3.82. The Kier molecular flexibility index (Phi) is 5.55. The molecule has 7 nitrogen and oxygen atoms in total.